The van der Waals surface area contributed by atoms with Crippen molar-refractivity contribution < 1.29 is 80.3 Å². The zero-order chi connectivity index (χ0) is 38.5. The second-order valence-corrected chi connectivity index (χ2v) is 15.3. The fraction of sp³-hybridized carbons (Fsp3) is 0.256. The number of aromatic nitrogens is 4. The molecule has 0 aliphatic carbocycles. The van der Waals surface area contributed by atoms with Crippen molar-refractivity contribution in [1.29, 1.82) is 0 Å². The fourth-order valence-electron chi connectivity index (χ4n) is 6.59. The van der Waals surface area contributed by atoms with Crippen LogP contribution in [0.2, 0.25) is 0 Å². The quantitative estimate of drug-likeness (QED) is 0.170. The van der Waals surface area contributed by atoms with Gasteiger partial charge in [0.15, 0.2) is 0 Å². The van der Waals surface area contributed by atoms with Gasteiger partial charge in [0.25, 0.3) is 0 Å². The molecule has 8 rings (SSSR count). The van der Waals surface area contributed by atoms with Crippen molar-refractivity contribution in [2.45, 2.75) is 63.5 Å². The summed E-state index contributed by atoms with van der Waals surface area (Å²) in [5.74, 6) is -0.820. The molecular weight excluding hydrogens is 803 g/mol. The van der Waals surface area contributed by atoms with Crippen LogP contribution in [0.4, 0.5) is 4.39 Å². The Morgan fingerprint density at radius 3 is 1.53 bits per heavy atom. The second-order valence-electron chi connectivity index (χ2n) is 13.0. The van der Waals surface area contributed by atoms with E-state index in [1.807, 2.05) is 71.5 Å². The number of primary amides is 2. The smallest absolute Gasteiger partial charge is 0.870 e. The maximum atomic E-state index is 13.0. The van der Waals surface area contributed by atoms with Gasteiger partial charge in [-0.25, -0.2) is 9.07 Å². The summed E-state index contributed by atoms with van der Waals surface area (Å²) in [6.07, 6.45) is 9.62. The van der Waals surface area contributed by atoms with E-state index >= 15 is 0 Å². The Hall–Kier alpha value is -3.61. The molecule has 0 radical (unpaired) electrons. The van der Waals surface area contributed by atoms with E-state index in [0.717, 1.165) is 36.4 Å². The minimum Gasteiger partial charge on any atom is -0.870 e. The molecule has 0 spiro atoms. The zero-order valence-electron chi connectivity index (χ0n) is 31.6. The van der Waals surface area contributed by atoms with E-state index in [4.69, 9.17) is 20.9 Å². The predicted octanol–water partition coefficient (Wildman–Crippen LogP) is 4.94. The van der Waals surface area contributed by atoms with E-state index in [1.54, 1.807) is 42.5 Å². The van der Waals surface area contributed by atoms with Crippen molar-refractivity contribution in [3.8, 4) is 5.69 Å². The Kier molecular flexibility index (Phi) is 20.0. The Morgan fingerprint density at radius 1 is 0.672 bits per heavy atom. The molecule has 2 aliphatic heterocycles. The maximum Gasteiger partial charge on any atom is 1.00 e. The molecule has 2 aliphatic rings. The molecule has 6 N–H and O–H groups in total. The molecule has 4 heterocycles. The molecular formula is C43H48FKN6O5S2. The molecule has 2 saturated heterocycles. The van der Waals surface area contributed by atoms with Crippen molar-refractivity contribution in [3.63, 3.8) is 0 Å². The number of hydrogen-bond acceptors (Lipinski definition) is 9. The number of carbonyl (C=O) groups is 2. The van der Waals surface area contributed by atoms with Gasteiger partial charge < -0.3 is 26.4 Å². The third kappa shape index (κ3) is 12.7. The largest absolute Gasteiger partial charge is 1.00 e. The van der Waals surface area contributed by atoms with Crippen LogP contribution in [-0.4, -0.2) is 63.7 Å². The minimum absolute atomic E-state index is 0. The first-order valence-corrected chi connectivity index (χ1v) is 19.5. The normalized spacial score (nSPS) is 14.9. The van der Waals surface area contributed by atoms with Crippen molar-refractivity contribution >= 4 is 35.3 Å². The van der Waals surface area contributed by atoms with Gasteiger partial charge >= 0.3 is 51.4 Å². The molecule has 6 aromatic rings. The molecule has 0 unspecified atom stereocenters. The van der Waals surface area contributed by atoms with Crippen molar-refractivity contribution in [2.75, 3.05) is 26.4 Å². The van der Waals surface area contributed by atoms with Gasteiger partial charge in [-0.2, -0.15) is 10.2 Å². The third-order valence-electron chi connectivity index (χ3n) is 9.71. The van der Waals surface area contributed by atoms with E-state index in [-0.39, 0.29) is 81.9 Å². The number of carbonyl (C=O) groups excluding carboxylic acids is 2. The number of amides is 2. The molecule has 2 aromatic heterocycles. The summed E-state index contributed by atoms with van der Waals surface area (Å²) >= 11 is 3.20. The van der Waals surface area contributed by atoms with Gasteiger partial charge in [-0.1, -0.05) is 55.2 Å². The molecule has 0 saturated carbocycles. The van der Waals surface area contributed by atoms with Gasteiger partial charge in [-0.05, 0) is 122 Å². The van der Waals surface area contributed by atoms with Crippen molar-refractivity contribution in [1.82, 2.24) is 20.0 Å². The number of ether oxygens (including phenoxy) is 2. The molecule has 0 bridgehead atoms. The average Bonchev–Trinajstić information content (AvgIpc) is 3.99. The van der Waals surface area contributed by atoms with Crippen molar-refractivity contribution in [2.24, 2.45) is 11.5 Å². The Balaban J connectivity index is 0.000000266. The number of nitrogens with one attached hydrogen (secondary N) is 1. The van der Waals surface area contributed by atoms with Crippen LogP contribution in [0.15, 0.2) is 154 Å². The summed E-state index contributed by atoms with van der Waals surface area (Å²) in [5, 5.41) is 10.5. The number of aromatic amines is 1. The van der Waals surface area contributed by atoms with Crippen LogP contribution >= 0.6 is 23.5 Å². The Morgan fingerprint density at radius 2 is 1.16 bits per heavy atom. The second kappa shape index (κ2) is 23.8. The number of hydrogen-bond donors (Lipinski definition) is 3. The van der Waals surface area contributed by atoms with Gasteiger partial charge in [0.2, 0.25) is 11.8 Å². The maximum absolute atomic E-state index is 13.0. The molecule has 2 amide bonds. The number of H-pyrrole nitrogens is 1. The van der Waals surface area contributed by atoms with Gasteiger partial charge in [0.1, 0.15) is 5.82 Å². The number of nitrogens with two attached hydrogens (primary N) is 2. The third-order valence-corrected chi connectivity index (χ3v) is 11.7. The molecule has 11 nitrogen and oxygen atoms in total. The molecule has 4 aromatic carbocycles. The van der Waals surface area contributed by atoms with Gasteiger partial charge in [0.05, 0.1) is 16.5 Å². The first-order valence-electron chi connectivity index (χ1n) is 17.9. The van der Waals surface area contributed by atoms with Crippen LogP contribution in [-0.2, 0) is 29.9 Å². The fourth-order valence-corrected chi connectivity index (χ4v) is 8.34. The van der Waals surface area contributed by atoms with E-state index in [0.29, 0.717) is 52.1 Å². The summed E-state index contributed by atoms with van der Waals surface area (Å²) in [7, 11) is 0. The summed E-state index contributed by atoms with van der Waals surface area (Å²) in [5.41, 5.74) is 13.2. The summed E-state index contributed by atoms with van der Waals surface area (Å²) in [6, 6.07) is 34.3. The van der Waals surface area contributed by atoms with Gasteiger partial charge in [-0.3, -0.25) is 14.7 Å². The zero-order valence-corrected chi connectivity index (χ0v) is 36.4. The Bertz CT molecular complexity index is 2100. The van der Waals surface area contributed by atoms with Crippen molar-refractivity contribution in [3.05, 3.63) is 151 Å². The minimum atomic E-state index is -0.655. The topological polar surface area (TPSA) is 181 Å². The number of nitrogens with zero attached hydrogens (tertiary/aromatic N) is 3. The number of benzene rings is 4. The van der Waals surface area contributed by atoms with Crippen LogP contribution in [0.3, 0.4) is 0 Å². The number of halogens is 1. The molecule has 2 fully saturated rings. The van der Waals surface area contributed by atoms with Crippen LogP contribution in [0, 0.1) is 5.82 Å². The molecule has 58 heavy (non-hydrogen) atoms. The van der Waals surface area contributed by atoms with Crippen LogP contribution in [0.1, 0.15) is 44.2 Å². The van der Waals surface area contributed by atoms with Crippen LogP contribution < -0.4 is 62.9 Å². The molecule has 0 atom stereocenters. The van der Waals surface area contributed by atoms with Crippen LogP contribution in [0.5, 0.6) is 0 Å². The van der Waals surface area contributed by atoms with E-state index in [1.165, 1.54) is 23.9 Å². The molecule has 15 heteroatoms. The average molecular weight is 851 g/mol. The van der Waals surface area contributed by atoms with E-state index < -0.39 is 10.8 Å². The standard InChI is InChI=1S/C21H21N3O2S.C18H18FNO2S.C3H4N2.CH4.K.H2O/c22-20(25)21(9-13-26-14-10-21)16-3-1-4-19(15-16)27-18-7-5-17(6-8-18)24-12-2-11-23-24;19-14-4-6-15(7-5-14)23-16-3-1-2-13(12-16)18(17(20)21)8-10-22-11-9-18;1-2-4-5-3-1;;;/h1-8,11-12,15H,9-10,13-14H2,(H2,22,25);1-7,12H,8-11H2,(H2,20,21);1-3H,(H,4,5);1H4;;1H2/q;;;;+1;/p-1. The van der Waals surface area contributed by atoms with E-state index in [2.05, 4.69) is 39.6 Å². The Labute approximate surface area is 390 Å². The summed E-state index contributed by atoms with van der Waals surface area (Å²) < 4.78 is 25.7. The molecule has 300 valence electrons. The predicted molar refractivity (Wildman–Crippen MR) is 220 cm³/mol. The SMILES string of the molecule is C.NC(=O)C1(c2cccc(Sc3ccc(-n4cccn4)cc3)c2)CCOCC1.NC(=O)C1(c2cccc(Sc3ccc(F)cc3)c2)CCOCC1.[K+].[OH-].c1cn[nH]c1. The summed E-state index contributed by atoms with van der Waals surface area (Å²) in [4.78, 5) is 28.5. The van der Waals surface area contributed by atoms with Gasteiger partial charge in [-0.15, -0.1) is 0 Å². The summed E-state index contributed by atoms with van der Waals surface area (Å²) in [6.45, 7) is 2.21. The van der Waals surface area contributed by atoms with Crippen LogP contribution in [0.25, 0.3) is 5.69 Å². The first-order chi connectivity index (χ1) is 26.8. The number of rotatable bonds is 9. The van der Waals surface area contributed by atoms with E-state index in [9.17, 15) is 14.0 Å². The van der Waals surface area contributed by atoms with Gasteiger partial charge in [0, 0.05) is 70.8 Å². The first kappa shape index (κ1) is 48.8. The monoisotopic (exact) mass is 850 g/mol.